The average Bonchev–Trinajstić information content (AvgIpc) is 3.12. The Morgan fingerprint density at radius 1 is 1.18 bits per heavy atom. The van der Waals surface area contributed by atoms with E-state index in [2.05, 4.69) is 37.5 Å². The molecule has 0 saturated heterocycles. The average molecular weight is 313 g/mol. The van der Waals surface area contributed by atoms with Crippen LogP contribution in [0.2, 0.25) is 0 Å². The van der Waals surface area contributed by atoms with Gasteiger partial charge in [0.05, 0.1) is 5.75 Å². The fraction of sp³-hybridized carbons (Fsp3) is 0.333. The summed E-state index contributed by atoms with van der Waals surface area (Å²) in [7, 11) is 0. The van der Waals surface area contributed by atoms with Crippen LogP contribution in [0.1, 0.15) is 41.9 Å². The minimum absolute atomic E-state index is 0.586. The fourth-order valence-electron chi connectivity index (χ4n) is 2.19. The van der Waals surface area contributed by atoms with Crippen LogP contribution in [0.25, 0.3) is 0 Å². The molecule has 1 fully saturated rings. The lowest BCUT2D eigenvalue weighted by Gasteiger charge is -1.94. The first kappa shape index (κ1) is 13.5. The zero-order valence-corrected chi connectivity index (χ0v) is 12.7. The molecule has 0 spiro atoms. The standard InChI is InChI=1S/C15H15N5OS/c1-2-4-10(5-3-1)8-12-16-13(21-20-12)9-22-15-17-14(18-19-15)11-6-7-11/h1-5,11H,6-9H2,(H,17,18,19). The second-order valence-corrected chi connectivity index (χ2v) is 6.28. The van der Waals surface area contributed by atoms with Crippen LogP contribution in [-0.2, 0) is 12.2 Å². The quantitative estimate of drug-likeness (QED) is 0.705. The molecule has 1 aromatic carbocycles. The number of nitrogens with zero attached hydrogens (tertiary/aromatic N) is 4. The normalized spacial score (nSPS) is 14.4. The zero-order chi connectivity index (χ0) is 14.8. The van der Waals surface area contributed by atoms with Gasteiger partial charge in [-0.05, 0) is 18.4 Å². The van der Waals surface area contributed by atoms with Crippen LogP contribution < -0.4 is 0 Å². The molecule has 3 aromatic rings. The van der Waals surface area contributed by atoms with Gasteiger partial charge in [-0.3, -0.25) is 5.10 Å². The molecule has 22 heavy (non-hydrogen) atoms. The van der Waals surface area contributed by atoms with Crippen molar-refractivity contribution in [3.63, 3.8) is 0 Å². The lowest BCUT2D eigenvalue weighted by atomic mass is 10.1. The van der Waals surface area contributed by atoms with Gasteiger partial charge >= 0.3 is 0 Å². The molecule has 1 aliphatic carbocycles. The second-order valence-electron chi connectivity index (χ2n) is 5.33. The van der Waals surface area contributed by atoms with Gasteiger partial charge in [0.25, 0.3) is 0 Å². The highest BCUT2D eigenvalue weighted by Crippen LogP contribution is 2.38. The minimum atomic E-state index is 0.586. The summed E-state index contributed by atoms with van der Waals surface area (Å²) < 4.78 is 5.28. The van der Waals surface area contributed by atoms with Crippen LogP contribution in [-0.4, -0.2) is 25.3 Å². The molecule has 1 N–H and O–H groups in total. The number of H-pyrrole nitrogens is 1. The third-order valence-electron chi connectivity index (χ3n) is 3.49. The van der Waals surface area contributed by atoms with Gasteiger partial charge < -0.3 is 4.52 Å². The van der Waals surface area contributed by atoms with Gasteiger partial charge in [0.15, 0.2) is 5.82 Å². The van der Waals surface area contributed by atoms with E-state index in [1.165, 1.54) is 30.2 Å². The van der Waals surface area contributed by atoms with Crippen molar-refractivity contribution in [1.82, 2.24) is 25.3 Å². The van der Waals surface area contributed by atoms with Crippen LogP contribution >= 0.6 is 11.8 Å². The highest BCUT2D eigenvalue weighted by molar-refractivity contribution is 7.98. The van der Waals surface area contributed by atoms with Crippen molar-refractivity contribution in [1.29, 1.82) is 0 Å². The third kappa shape index (κ3) is 3.19. The van der Waals surface area contributed by atoms with Gasteiger partial charge in [-0.2, -0.15) is 4.98 Å². The van der Waals surface area contributed by atoms with E-state index in [1.54, 1.807) is 0 Å². The zero-order valence-electron chi connectivity index (χ0n) is 11.9. The second kappa shape index (κ2) is 5.92. The molecular formula is C15H15N5OS. The summed E-state index contributed by atoms with van der Waals surface area (Å²) in [4.78, 5) is 8.88. The molecule has 0 radical (unpaired) electrons. The minimum Gasteiger partial charge on any atom is -0.338 e. The number of benzene rings is 1. The van der Waals surface area contributed by atoms with Crippen LogP contribution in [0.5, 0.6) is 0 Å². The Morgan fingerprint density at radius 3 is 2.86 bits per heavy atom. The molecule has 2 heterocycles. The lowest BCUT2D eigenvalue weighted by Crippen LogP contribution is -1.90. The predicted molar refractivity (Wildman–Crippen MR) is 81.5 cm³/mol. The first-order valence-corrected chi connectivity index (χ1v) is 8.26. The Balaban J connectivity index is 1.35. The van der Waals surface area contributed by atoms with E-state index in [9.17, 15) is 0 Å². The molecule has 0 atom stereocenters. The molecule has 7 heteroatoms. The molecule has 1 saturated carbocycles. The van der Waals surface area contributed by atoms with Crippen LogP contribution in [0.3, 0.4) is 0 Å². The first-order chi connectivity index (χ1) is 10.9. The number of hydrogen-bond donors (Lipinski definition) is 1. The predicted octanol–water partition coefficient (Wildman–Crippen LogP) is 2.95. The Bertz CT molecular complexity index is 750. The summed E-state index contributed by atoms with van der Waals surface area (Å²) in [5.41, 5.74) is 1.17. The lowest BCUT2D eigenvalue weighted by molar-refractivity contribution is 0.385. The molecule has 4 rings (SSSR count). The Morgan fingerprint density at radius 2 is 2.05 bits per heavy atom. The molecule has 1 aliphatic rings. The van der Waals surface area contributed by atoms with Gasteiger partial charge in [-0.15, -0.1) is 5.10 Å². The molecule has 0 unspecified atom stereocenters. The number of aromatic amines is 1. The van der Waals surface area contributed by atoms with Crippen molar-refractivity contribution in [2.75, 3.05) is 0 Å². The number of thioether (sulfide) groups is 1. The molecular weight excluding hydrogens is 298 g/mol. The van der Waals surface area contributed by atoms with E-state index in [1.807, 2.05) is 18.2 Å². The monoisotopic (exact) mass is 313 g/mol. The Hall–Kier alpha value is -2.15. The highest BCUT2D eigenvalue weighted by Gasteiger charge is 2.27. The van der Waals surface area contributed by atoms with Gasteiger partial charge in [0.2, 0.25) is 11.0 Å². The van der Waals surface area contributed by atoms with Crippen LogP contribution in [0.4, 0.5) is 0 Å². The van der Waals surface area contributed by atoms with Gasteiger partial charge in [0, 0.05) is 12.3 Å². The van der Waals surface area contributed by atoms with Crippen molar-refractivity contribution < 1.29 is 4.52 Å². The van der Waals surface area contributed by atoms with Crippen molar-refractivity contribution in [3.8, 4) is 0 Å². The summed E-state index contributed by atoms with van der Waals surface area (Å²) in [6.45, 7) is 0. The molecule has 0 amide bonds. The maximum Gasteiger partial charge on any atom is 0.237 e. The molecule has 0 bridgehead atoms. The van der Waals surface area contributed by atoms with Crippen molar-refractivity contribution in [3.05, 3.63) is 53.4 Å². The topological polar surface area (TPSA) is 80.5 Å². The smallest absolute Gasteiger partial charge is 0.237 e. The first-order valence-electron chi connectivity index (χ1n) is 7.27. The maximum atomic E-state index is 5.28. The number of rotatable bonds is 6. The Labute approximate surface area is 131 Å². The summed E-state index contributed by atoms with van der Waals surface area (Å²) >= 11 is 1.51. The van der Waals surface area contributed by atoms with E-state index in [4.69, 9.17) is 4.52 Å². The Kier molecular flexibility index (Phi) is 3.64. The van der Waals surface area contributed by atoms with E-state index in [0.29, 0.717) is 29.8 Å². The van der Waals surface area contributed by atoms with E-state index in [-0.39, 0.29) is 0 Å². The highest BCUT2D eigenvalue weighted by atomic mass is 32.2. The van der Waals surface area contributed by atoms with Crippen molar-refractivity contribution in [2.24, 2.45) is 0 Å². The number of nitrogens with one attached hydrogen (secondary N) is 1. The molecule has 2 aromatic heterocycles. The van der Waals surface area contributed by atoms with E-state index < -0.39 is 0 Å². The fourth-order valence-corrected chi connectivity index (χ4v) is 2.83. The third-order valence-corrected chi connectivity index (χ3v) is 4.32. The van der Waals surface area contributed by atoms with E-state index in [0.717, 1.165) is 11.0 Å². The summed E-state index contributed by atoms with van der Waals surface area (Å²) in [6, 6.07) is 10.1. The number of aromatic nitrogens is 5. The van der Waals surface area contributed by atoms with E-state index >= 15 is 0 Å². The number of hydrogen-bond acceptors (Lipinski definition) is 6. The SMILES string of the molecule is c1ccc(Cc2noc(CSc3n[nH]c(C4CC4)n3)n2)cc1. The van der Waals surface area contributed by atoms with Crippen LogP contribution in [0.15, 0.2) is 40.0 Å². The van der Waals surface area contributed by atoms with Gasteiger partial charge in [0.1, 0.15) is 5.82 Å². The summed E-state index contributed by atoms with van der Waals surface area (Å²) in [6.07, 6.45) is 3.11. The molecule has 0 aliphatic heterocycles. The van der Waals surface area contributed by atoms with Crippen molar-refractivity contribution in [2.45, 2.75) is 36.1 Å². The maximum absolute atomic E-state index is 5.28. The summed E-state index contributed by atoms with van der Waals surface area (Å²) in [5, 5.41) is 12.0. The molecule has 112 valence electrons. The molecule has 6 nitrogen and oxygen atoms in total. The van der Waals surface area contributed by atoms with Gasteiger partial charge in [-0.25, -0.2) is 4.98 Å². The summed E-state index contributed by atoms with van der Waals surface area (Å²) in [5.74, 6) is 3.48. The van der Waals surface area contributed by atoms with Gasteiger partial charge in [-0.1, -0.05) is 47.3 Å². The van der Waals surface area contributed by atoms with Crippen molar-refractivity contribution >= 4 is 11.8 Å². The van der Waals surface area contributed by atoms with Crippen LogP contribution in [0, 0.1) is 0 Å². The largest absolute Gasteiger partial charge is 0.338 e.